The molecule has 0 bridgehead atoms. The Morgan fingerprint density at radius 3 is 2.40 bits per heavy atom. The molecule has 0 N–H and O–H groups in total. The Morgan fingerprint density at radius 2 is 1.75 bits per heavy atom. The van der Waals surface area contributed by atoms with Gasteiger partial charge in [0.1, 0.15) is 0 Å². The summed E-state index contributed by atoms with van der Waals surface area (Å²) in [5.41, 5.74) is 2.20. The molecule has 2 aromatic carbocycles. The van der Waals surface area contributed by atoms with Gasteiger partial charge in [0.05, 0.1) is 13.5 Å². The summed E-state index contributed by atoms with van der Waals surface area (Å²) in [6, 6.07) is 16.2. The van der Waals surface area contributed by atoms with Gasteiger partial charge in [-0.05, 0) is 35.4 Å². The van der Waals surface area contributed by atoms with E-state index in [1.165, 1.54) is 17.6 Å². The first-order chi connectivity index (χ1) is 9.69. The summed E-state index contributed by atoms with van der Waals surface area (Å²) in [4.78, 5) is 12.6. The van der Waals surface area contributed by atoms with Crippen molar-refractivity contribution in [3.8, 4) is 0 Å². The van der Waals surface area contributed by atoms with E-state index in [0.29, 0.717) is 6.42 Å². The molecule has 0 spiro atoms. The van der Waals surface area contributed by atoms with E-state index in [9.17, 15) is 4.79 Å². The first-order valence-electron chi connectivity index (χ1n) is 6.21. The van der Waals surface area contributed by atoms with E-state index in [-0.39, 0.29) is 5.97 Å². The molecule has 2 nitrogen and oxygen atoms in total. The molecule has 0 saturated heterocycles. The Kier molecular flexibility index (Phi) is 5.68. The second kappa shape index (κ2) is 7.50. The number of esters is 1. The fraction of sp³-hybridized carbons (Fsp3) is 0.188. The van der Waals surface area contributed by atoms with Crippen molar-refractivity contribution in [3.63, 3.8) is 0 Å². The monoisotopic (exact) mass is 350 g/mol. The molecular formula is C16H15BrO2S. The van der Waals surface area contributed by atoms with E-state index < -0.39 is 0 Å². The molecule has 0 aliphatic rings. The zero-order chi connectivity index (χ0) is 14.4. The molecule has 0 unspecified atom stereocenters. The first-order valence-corrected chi connectivity index (χ1v) is 7.99. The van der Waals surface area contributed by atoms with E-state index >= 15 is 0 Å². The number of hydrogen-bond acceptors (Lipinski definition) is 3. The largest absolute Gasteiger partial charge is 0.469 e. The molecule has 0 fully saturated rings. The quantitative estimate of drug-likeness (QED) is 0.588. The van der Waals surface area contributed by atoms with Gasteiger partial charge in [-0.3, -0.25) is 4.79 Å². The van der Waals surface area contributed by atoms with Crippen LogP contribution in [0.25, 0.3) is 0 Å². The van der Waals surface area contributed by atoms with Crippen LogP contribution in [0.2, 0.25) is 0 Å². The lowest BCUT2D eigenvalue weighted by molar-refractivity contribution is -0.139. The zero-order valence-electron chi connectivity index (χ0n) is 11.1. The van der Waals surface area contributed by atoms with Crippen molar-refractivity contribution in [2.24, 2.45) is 0 Å². The Hall–Kier alpha value is -1.26. The predicted molar refractivity (Wildman–Crippen MR) is 85.9 cm³/mol. The molecule has 0 aromatic heterocycles. The molecule has 20 heavy (non-hydrogen) atoms. The Labute approximate surface area is 131 Å². The van der Waals surface area contributed by atoms with Crippen LogP contribution in [0, 0.1) is 0 Å². The first kappa shape index (κ1) is 15.1. The highest BCUT2D eigenvalue weighted by Gasteiger charge is 2.08. The summed E-state index contributed by atoms with van der Waals surface area (Å²) in [6.07, 6.45) is 0.327. The lowest BCUT2D eigenvalue weighted by atomic mass is 10.1. The van der Waals surface area contributed by atoms with Crippen LogP contribution in [0.5, 0.6) is 0 Å². The van der Waals surface area contributed by atoms with Gasteiger partial charge in [0.15, 0.2) is 0 Å². The van der Waals surface area contributed by atoms with Crippen LogP contribution in [-0.2, 0) is 21.7 Å². The number of thioether (sulfide) groups is 1. The minimum atomic E-state index is -0.203. The van der Waals surface area contributed by atoms with Crippen molar-refractivity contribution in [1.82, 2.24) is 0 Å². The number of ether oxygens (including phenoxy) is 1. The summed E-state index contributed by atoms with van der Waals surface area (Å²) in [5, 5.41) is 0. The Bertz CT molecular complexity index is 581. The molecule has 0 amide bonds. The molecule has 0 atom stereocenters. The van der Waals surface area contributed by atoms with Gasteiger partial charge in [-0.15, -0.1) is 11.8 Å². The Morgan fingerprint density at radius 1 is 1.10 bits per heavy atom. The molecule has 104 valence electrons. The molecule has 2 rings (SSSR count). The van der Waals surface area contributed by atoms with Gasteiger partial charge in [-0.2, -0.15) is 0 Å². The van der Waals surface area contributed by atoms with Crippen molar-refractivity contribution in [3.05, 3.63) is 64.1 Å². The number of carbonyl (C=O) groups excluding carboxylic acids is 1. The minimum Gasteiger partial charge on any atom is -0.469 e. The Balaban J connectivity index is 2.05. The smallest absolute Gasteiger partial charge is 0.309 e. The van der Waals surface area contributed by atoms with E-state index in [2.05, 4.69) is 34.1 Å². The van der Waals surface area contributed by atoms with Gasteiger partial charge in [0, 0.05) is 15.1 Å². The highest BCUT2D eigenvalue weighted by atomic mass is 79.9. The number of methoxy groups -OCH3 is 1. The fourth-order valence-corrected chi connectivity index (χ4v) is 2.99. The molecule has 4 heteroatoms. The van der Waals surface area contributed by atoms with Crippen molar-refractivity contribution < 1.29 is 9.53 Å². The van der Waals surface area contributed by atoms with Crippen LogP contribution >= 0.6 is 27.7 Å². The third-order valence-corrected chi connectivity index (χ3v) is 4.48. The number of halogens is 1. The minimum absolute atomic E-state index is 0.203. The van der Waals surface area contributed by atoms with Gasteiger partial charge in [0.25, 0.3) is 0 Å². The standard InChI is InChI=1S/C16H15BrO2S/c1-19-16(18)10-12-4-2-3-5-13(12)11-20-15-8-6-14(17)7-9-15/h2-9H,10-11H2,1H3. The SMILES string of the molecule is COC(=O)Cc1ccccc1CSc1ccc(Br)cc1. The normalized spacial score (nSPS) is 10.3. The number of rotatable bonds is 5. The fourth-order valence-electron chi connectivity index (χ4n) is 1.79. The summed E-state index contributed by atoms with van der Waals surface area (Å²) >= 11 is 5.19. The van der Waals surface area contributed by atoms with Gasteiger partial charge in [-0.1, -0.05) is 40.2 Å². The highest BCUT2D eigenvalue weighted by Crippen LogP contribution is 2.26. The number of carbonyl (C=O) groups is 1. The third kappa shape index (κ3) is 4.39. The molecule has 0 aliphatic heterocycles. The predicted octanol–water partition coefficient (Wildman–Crippen LogP) is 4.46. The second-order valence-corrected chi connectivity index (χ2v) is 6.23. The second-order valence-electron chi connectivity index (χ2n) is 4.26. The average molecular weight is 351 g/mol. The molecule has 0 radical (unpaired) electrons. The van der Waals surface area contributed by atoms with Crippen LogP contribution in [-0.4, -0.2) is 13.1 Å². The number of hydrogen-bond donors (Lipinski definition) is 0. The maximum absolute atomic E-state index is 11.4. The van der Waals surface area contributed by atoms with Crippen molar-refractivity contribution in [2.45, 2.75) is 17.1 Å². The summed E-state index contributed by atoms with van der Waals surface area (Å²) in [5.74, 6) is 0.639. The maximum atomic E-state index is 11.4. The lowest BCUT2D eigenvalue weighted by Crippen LogP contribution is -2.06. The van der Waals surface area contributed by atoms with Crippen LogP contribution in [0.4, 0.5) is 0 Å². The molecule has 0 saturated carbocycles. The highest BCUT2D eigenvalue weighted by molar-refractivity contribution is 9.10. The zero-order valence-corrected chi connectivity index (χ0v) is 13.5. The molecule has 2 aromatic rings. The van der Waals surface area contributed by atoms with Gasteiger partial charge in [-0.25, -0.2) is 0 Å². The lowest BCUT2D eigenvalue weighted by Gasteiger charge is -2.08. The molecule has 0 aliphatic carbocycles. The van der Waals surface area contributed by atoms with E-state index in [1.54, 1.807) is 11.8 Å². The summed E-state index contributed by atoms with van der Waals surface area (Å²) in [6.45, 7) is 0. The van der Waals surface area contributed by atoms with Crippen LogP contribution in [0.15, 0.2) is 57.9 Å². The number of benzene rings is 2. The molecule has 0 heterocycles. The van der Waals surface area contributed by atoms with E-state index in [0.717, 1.165) is 15.8 Å². The van der Waals surface area contributed by atoms with Crippen molar-refractivity contribution >= 4 is 33.7 Å². The van der Waals surface area contributed by atoms with Crippen LogP contribution in [0.1, 0.15) is 11.1 Å². The topological polar surface area (TPSA) is 26.3 Å². The maximum Gasteiger partial charge on any atom is 0.309 e. The van der Waals surface area contributed by atoms with Gasteiger partial charge in [0.2, 0.25) is 0 Å². The van der Waals surface area contributed by atoms with Crippen molar-refractivity contribution in [1.29, 1.82) is 0 Å². The van der Waals surface area contributed by atoms with Gasteiger partial charge < -0.3 is 4.74 Å². The average Bonchev–Trinajstić information content (AvgIpc) is 2.48. The van der Waals surface area contributed by atoms with Crippen molar-refractivity contribution in [2.75, 3.05) is 7.11 Å². The third-order valence-electron chi connectivity index (χ3n) is 2.89. The van der Waals surface area contributed by atoms with E-state index in [1.807, 2.05) is 30.3 Å². The van der Waals surface area contributed by atoms with E-state index in [4.69, 9.17) is 4.74 Å². The summed E-state index contributed by atoms with van der Waals surface area (Å²) < 4.78 is 5.81. The molecular weight excluding hydrogens is 336 g/mol. The van der Waals surface area contributed by atoms with Crippen LogP contribution < -0.4 is 0 Å². The summed E-state index contributed by atoms with van der Waals surface area (Å²) in [7, 11) is 1.42. The van der Waals surface area contributed by atoms with Crippen LogP contribution in [0.3, 0.4) is 0 Å². The van der Waals surface area contributed by atoms with Gasteiger partial charge >= 0.3 is 5.97 Å².